The smallest absolute Gasteiger partial charge is 0.263 e. The van der Waals surface area contributed by atoms with E-state index in [1.54, 1.807) is 7.11 Å². The van der Waals surface area contributed by atoms with E-state index in [4.69, 9.17) is 10.00 Å². The summed E-state index contributed by atoms with van der Waals surface area (Å²) in [6, 6.07) is 9.69. The van der Waals surface area contributed by atoms with Crippen molar-refractivity contribution in [3.63, 3.8) is 0 Å². The normalized spacial score (nSPS) is 10.6. The standard InChI is InChI=1S/C16H21N3O2/c1-3-9-19-16(20)14(11-17)12-18-10-8-13-4-6-15(21-2)7-5-13/h4-7,12,18H,3,8-10H2,1-2H3,(H,19,20)/b14-12-. The van der Waals surface area contributed by atoms with Crippen molar-refractivity contribution in [1.82, 2.24) is 10.6 Å². The maximum atomic E-state index is 11.6. The van der Waals surface area contributed by atoms with Gasteiger partial charge in [0.2, 0.25) is 0 Å². The lowest BCUT2D eigenvalue weighted by Gasteiger charge is -2.05. The van der Waals surface area contributed by atoms with Crippen LogP contribution in [0.5, 0.6) is 5.75 Å². The van der Waals surface area contributed by atoms with E-state index in [-0.39, 0.29) is 11.5 Å². The first-order valence-corrected chi connectivity index (χ1v) is 6.96. The van der Waals surface area contributed by atoms with Gasteiger partial charge in [0.25, 0.3) is 5.91 Å². The third-order valence-electron chi connectivity index (χ3n) is 2.86. The van der Waals surface area contributed by atoms with Crippen LogP contribution in [0.3, 0.4) is 0 Å². The number of nitriles is 1. The molecule has 0 radical (unpaired) electrons. The molecule has 2 N–H and O–H groups in total. The number of amides is 1. The second-order valence-electron chi connectivity index (χ2n) is 4.48. The van der Waals surface area contributed by atoms with Crippen LogP contribution in [0.25, 0.3) is 0 Å². The Balaban J connectivity index is 2.41. The number of nitrogens with one attached hydrogen (secondary N) is 2. The highest BCUT2D eigenvalue weighted by molar-refractivity contribution is 5.97. The van der Waals surface area contributed by atoms with Crippen molar-refractivity contribution >= 4 is 5.91 Å². The van der Waals surface area contributed by atoms with Gasteiger partial charge in [-0.15, -0.1) is 0 Å². The summed E-state index contributed by atoms with van der Waals surface area (Å²) in [5.41, 5.74) is 1.25. The van der Waals surface area contributed by atoms with Crippen molar-refractivity contribution in [3.05, 3.63) is 41.6 Å². The van der Waals surface area contributed by atoms with E-state index in [1.807, 2.05) is 37.3 Å². The minimum atomic E-state index is -0.337. The van der Waals surface area contributed by atoms with Crippen molar-refractivity contribution in [2.75, 3.05) is 20.2 Å². The Bertz CT molecular complexity index is 515. The van der Waals surface area contributed by atoms with Gasteiger partial charge in [0, 0.05) is 19.3 Å². The predicted octanol–water partition coefficient (Wildman–Crippen LogP) is 1.76. The van der Waals surface area contributed by atoms with Crippen LogP contribution in [0.2, 0.25) is 0 Å². The van der Waals surface area contributed by atoms with Gasteiger partial charge < -0.3 is 15.4 Å². The first-order chi connectivity index (χ1) is 10.2. The molecule has 0 aliphatic carbocycles. The fourth-order valence-electron chi connectivity index (χ4n) is 1.67. The number of methoxy groups -OCH3 is 1. The fourth-order valence-corrected chi connectivity index (χ4v) is 1.67. The number of ether oxygens (including phenoxy) is 1. The summed E-state index contributed by atoms with van der Waals surface area (Å²) in [6.45, 7) is 3.19. The predicted molar refractivity (Wildman–Crippen MR) is 81.7 cm³/mol. The lowest BCUT2D eigenvalue weighted by atomic mass is 10.1. The lowest BCUT2D eigenvalue weighted by Crippen LogP contribution is -2.26. The maximum absolute atomic E-state index is 11.6. The highest BCUT2D eigenvalue weighted by atomic mass is 16.5. The van der Waals surface area contributed by atoms with Crippen LogP contribution in [-0.2, 0) is 11.2 Å². The average Bonchev–Trinajstić information content (AvgIpc) is 2.53. The Morgan fingerprint density at radius 2 is 2.05 bits per heavy atom. The summed E-state index contributed by atoms with van der Waals surface area (Å²) in [5.74, 6) is 0.488. The van der Waals surface area contributed by atoms with Crippen molar-refractivity contribution in [2.24, 2.45) is 0 Å². The molecule has 112 valence electrons. The number of nitrogens with zero attached hydrogens (tertiary/aromatic N) is 1. The Morgan fingerprint density at radius 1 is 1.33 bits per heavy atom. The monoisotopic (exact) mass is 287 g/mol. The molecule has 0 bridgehead atoms. The van der Waals surface area contributed by atoms with Gasteiger partial charge in [-0.05, 0) is 30.5 Å². The number of benzene rings is 1. The molecule has 1 amide bonds. The van der Waals surface area contributed by atoms with E-state index in [9.17, 15) is 4.79 Å². The summed E-state index contributed by atoms with van der Waals surface area (Å²) in [4.78, 5) is 11.6. The third kappa shape index (κ3) is 6.00. The van der Waals surface area contributed by atoms with Crippen LogP contribution in [0.1, 0.15) is 18.9 Å². The first-order valence-electron chi connectivity index (χ1n) is 6.96. The van der Waals surface area contributed by atoms with Gasteiger partial charge in [-0.1, -0.05) is 19.1 Å². The number of carbonyl (C=O) groups is 1. The molecule has 5 nitrogen and oxygen atoms in total. The lowest BCUT2D eigenvalue weighted by molar-refractivity contribution is -0.117. The summed E-state index contributed by atoms with van der Waals surface area (Å²) in [6.07, 6.45) is 3.11. The van der Waals surface area contributed by atoms with Gasteiger partial charge in [-0.2, -0.15) is 5.26 Å². The van der Waals surface area contributed by atoms with E-state index in [0.717, 1.165) is 24.2 Å². The van der Waals surface area contributed by atoms with Crippen LogP contribution in [0.15, 0.2) is 36.0 Å². The zero-order valence-electron chi connectivity index (χ0n) is 12.5. The summed E-state index contributed by atoms with van der Waals surface area (Å²) < 4.78 is 5.09. The van der Waals surface area contributed by atoms with Crippen LogP contribution in [0, 0.1) is 11.3 Å². The van der Waals surface area contributed by atoms with E-state index in [0.29, 0.717) is 13.1 Å². The highest BCUT2D eigenvalue weighted by Gasteiger charge is 2.06. The number of carbonyl (C=O) groups excluding carboxylic acids is 1. The average molecular weight is 287 g/mol. The van der Waals surface area contributed by atoms with Crippen LogP contribution >= 0.6 is 0 Å². The molecule has 0 atom stereocenters. The Kier molecular flexibility index (Phi) is 7.44. The zero-order chi connectivity index (χ0) is 15.5. The van der Waals surface area contributed by atoms with Crippen molar-refractivity contribution in [3.8, 4) is 11.8 Å². The largest absolute Gasteiger partial charge is 0.497 e. The molecule has 0 spiro atoms. The first kappa shape index (κ1) is 16.6. The molecular weight excluding hydrogens is 266 g/mol. The molecule has 0 unspecified atom stereocenters. The fraction of sp³-hybridized carbons (Fsp3) is 0.375. The molecule has 0 aliphatic rings. The van der Waals surface area contributed by atoms with Gasteiger partial charge in [0.05, 0.1) is 7.11 Å². The Hall–Kier alpha value is -2.48. The van der Waals surface area contributed by atoms with Gasteiger partial charge in [-0.25, -0.2) is 0 Å². The molecule has 1 aromatic carbocycles. The second-order valence-corrected chi connectivity index (χ2v) is 4.48. The Labute approximate surface area is 125 Å². The molecule has 0 saturated heterocycles. The summed E-state index contributed by atoms with van der Waals surface area (Å²) >= 11 is 0. The van der Waals surface area contributed by atoms with Crippen molar-refractivity contribution in [1.29, 1.82) is 5.26 Å². The van der Waals surface area contributed by atoms with Crippen molar-refractivity contribution < 1.29 is 9.53 Å². The van der Waals surface area contributed by atoms with Gasteiger partial charge in [0.15, 0.2) is 0 Å². The van der Waals surface area contributed by atoms with Gasteiger partial charge in [-0.3, -0.25) is 4.79 Å². The summed E-state index contributed by atoms with van der Waals surface area (Å²) in [7, 11) is 1.63. The third-order valence-corrected chi connectivity index (χ3v) is 2.86. The van der Waals surface area contributed by atoms with E-state index >= 15 is 0 Å². The molecule has 1 aromatic rings. The molecular formula is C16H21N3O2. The van der Waals surface area contributed by atoms with Crippen LogP contribution < -0.4 is 15.4 Å². The summed E-state index contributed by atoms with van der Waals surface area (Å²) in [5, 5.41) is 14.6. The number of rotatable bonds is 8. The molecule has 5 heteroatoms. The molecule has 0 saturated carbocycles. The molecule has 21 heavy (non-hydrogen) atoms. The van der Waals surface area contributed by atoms with Crippen LogP contribution in [-0.4, -0.2) is 26.1 Å². The topological polar surface area (TPSA) is 74.2 Å². The Morgan fingerprint density at radius 3 is 2.62 bits per heavy atom. The van der Waals surface area contributed by atoms with E-state index in [1.165, 1.54) is 6.20 Å². The molecule has 0 fully saturated rings. The van der Waals surface area contributed by atoms with Crippen molar-refractivity contribution in [2.45, 2.75) is 19.8 Å². The maximum Gasteiger partial charge on any atom is 0.263 e. The molecule has 0 aromatic heterocycles. The molecule has 0 aliphatic heterocycles. The minimum Gasteiger partial charge on any atom is -0.497 e. The van der Waals surface area contributed by atoms with Gasteiger partial charge in [0.1, 0.15) is 17.4 Å². The molecule has 1 rings (SSSR count). The highest BCUT2D eigenvalue weighted by Crippen LogP contribution is 2.11. The van der Waals surface area contributed by atoms with E-state index in [2.05, 4.69) is 10.6 Å². The second kappa shape index (κ2) is 9.43. The minimum absolute atomic E-state index is 0.0955. The molecule has 0 heterocycles. The number of hydrogen-bond donors (Lipinski definition) is 2. The quantitative estimate of drug-likeness (QED) is 0.434. The van der Waals surface area contributed by atoms with E-state index < -0.39 is 0 Å². The zero-order valence-corrected chi connectivity index (χ0v) is 12.5. The number of hydrogen-bond acceptors (Lipinski definition) is 4. The van der Waals surface area contributed by atoms with Crippen LogP contribution in [0.4, 0.5) is 0 Å². The SMILES string of the molecule is CCCNC(=O)/C(C#N)=C\NCCc1ccc(OC)cc1. The van der Waals surface area contributed by atoms with Gasteiger partial charge >= 0.3 is 0 Å².